The lowest BCUT2D eigenvalue weighted by molar-refractivity contribution is -0.137. The lowest BCUT2D eigenvalue weighted by atomic mass is 9.98. The molecule has 3 aromatic carbocycles. The van der Waals surface area contributed by atoms with Gasteiger partial charge in [0.2, 0.25) is 0 Å². The van der Waals surface area contributed by atoms with E-state index in [1.165, 1.54) is 11.0 Å². The van der Waals surface area contributed by atoms with Gasteiger partial charge in [-0.25, -0.2) is 4.79 Å². The normalized spacial score (nSPS) is 14.1. The second-order valence-electron chi connectivity index (χ2n) is 8.70. The molecule has 178 valence electrons. The number of halogens is 1. The highest BCUT2D eigenvalue weighted by molar-refractivity contribution is 9.10. The Bertz CT molecular complexity index is 1270. The van der Waals surface area contributed by atoms with Gasteiger partial charge in [-0.3, -0.25) is 14.9 Å². The zero-order valence-electron chi connectivity index (χ0n) is 18.7. The molecule has 0 aromatic heterocycles. The Morgan fingerprint density at radius 3 is 2.20 bits per heavy atom. The monoisotopic (exact) mass is 534 g/mol. The number of benzene rings is 3. The van der Waals surface area contributed by atoms with E-state index in [9.17, 15) is 19.5 Å². The van der Waals surface area contributed by atoms with E-state index in [0.29, 0.717) is 10.2 Å². The number of carboxylic acids is 1. The van der Waals surface area contributed by atoms with E-state index in [-0.39, 0.29) is 30.7 Å². The number of ether oxygens (including phenoxy) is 1. The molecule has 0 atom stereocenters. The summed E-state index contributed by atoms with van der Waals surface area (Å²) >= 11 is 3.37. The third-order valence-electron chi connectivity index (χ3n) is 6.34. The second kappa shape index (κ2) is 9.54. The van der Waals surface area contributed by atoms with Gasteiger partial charge in [-0.1, -0.05) is 48.5 Å². The third kappa shape index (κ3) is 4.79. The number of nitrogens with one attached hydrogen (secondary N) is 1. The number of rotatable bonds is 7. The van der Waals surface area contributed by atoms with Crippen LogP contribution in [0.5, 0.6) is 0 Å². The highest BCUT2D eigenvalue weighted by Crippen LogP contribution is 2.44. The number of carboxylic acid groups (broad SMARTS) is 1. The number of fused-ring (bicyclic) bond motifs is 3. The molecule has 0 bridgehead atoms. The minimum absolute atomic E-state index is 0.0571. The molecule has 1 fully saturated rings. The maximum Gasteiger partial charge on any atom is 0.411 e. The maximum atomic E-state index is 13.0. The first kappa shape index (κ1) is 23.1. The number of amides is 2. The van der Waals surface area contributed by atoms with Crippen molar-refractivity contribution < 1.29 is 24.2 Å². The van der Waals surface area contributed by atoms with Crippen LogP contribution in [-0.2, 0) is 9.53 Å². The smallest absolute Gasteiger partial charge is 0.411 e. The minimum atomic E-state index is -1.06. The number of carbonyl (C=O) groups excluding carboxylic acids is 2. The molecule has 5 rings (SSSR count). The van der Waals surface area contributed by atoms with Crippen molar-refractivity contribution in [1.29, 1.82) is 0 Å². The van der Waals surface area contributed by atoms with Crippen LogP contribution in [0.4, 0.5) is 10.5 Å². The van der Waals surface area contributed by atoms with Crippen molar-refractivity contribution in [1.82, 2.24) is 4.90 Å². The van der Waals surface area contributed by atoms with Crippen molar-refractivity contribution in [3.63, 3.8) is 0 Å². The number of hydrogen-bond acceptors (Lipinski definition) is 4. The summed E-state index contributed by atoms with van der Waals surface area (Å²) in [5.41, 5.74) is 5.21. The van der Waals surface area contributed by atoms with Crippen molar-refractivity contribution >= 4 is 39.6 Å². The summed E-state index contributed by atoms with van der Waals surface area (Å²) in [6.45, 7) is -0.184. The lowest BCUT2D eigenvalue weighted by Crippen LogP contribution is -2.37. The first-order valence-electron chi connectivity index (χ1n) is 11.4. The van der Waals surface area contributed by atoms with Crippen LogP contribution < -0.4 is 5.32 Å². The summed E-state index contributed by atoms with van der Waals surface area (Å²) in [5, 5.41) is 11.9. The van der Waals surface area contributed by atoms with Crippen molar-refractivity contribution in [3.8, 4) is 11.1 Å². The van der Waals surface area contributed by atoms with Gasteiger partial charge in [0.25, 0.3) is 5.91 Å². The van der Waals surface area contributed by atoms with Gasteiger partial charge in [-0.15, -0.1) is 0 Å². The topological polar surface area (TPSA) is 95.9 Å². The first-order chi connectivity index (χ1) is 16.9. The number of nitrogens with zero attached hydrogens (tertiary/aromatic N) is 1. The average Bonchev–Trinajstić information content (AvgIpc) is 3.64. The fraction of sp³-hybridized carbons (Fsp3) is 0.222. The van der Waals surface area contributed by atoms with Crippen LogP contribution in [0.15, 0.2) is 71.2 Å². The Labute approximate surface area is 210 Å². The van der Waals surface area contributed by atoms with Gasteiger partial charge in [0.05, 0.1) is 5.56 Å². The molecule has 8 heteroatoms. The van der Waals surface area contributed by atoms with E-state index in [0.717, 1.165) is 35.1 Å². The summed E-state index contributed by atoms with van der Waals surface area (Å²) in [7, 11) is 0. The van der Waals surface area contributed by atoms with E-state index >= 15 is 0 Å². The van der Waals surface area contributed by atoms with Gasteiger partial charge in [-0.2, -0.15) is 0 Å². The Morgan fingerprint density at radius 2 is 1.60 bits per heavy atom. The molecule has 0 aliphatic heterocycles. The summed E-state index contributed by atoms with van der Waals surface area (Å²) < 4.78 is 6.11. The number of anilines is 1. The molecular formula is C27H23BrN2O5. The van der Waals surface area contributed by atoms with Crippen molar-refractivity contribution in [2.45, 2.75) is 24.8 Å². The SMILES string of the molecule is O=C(O)CN(C(=O)c1cc(NC(=O)OCC2c3ccccc3-c3ccccc32)ccc1Br)C1CC1. The Morgan fingerprint density at radius 1 is 0.971 bits per heavy atom. The molecule has 0 spiro atoms. The minimum Gasteiger partial charge on any atom is -0.480 e. The summed E-state index contributed by atoms with van der Waals surface area (Å²) in [6, 6.07) is 21.0. The molecule has 0 unspecified atom stereocenters. The highest BCUT2D eigenvalue weighted by Gasteiger charge is 2.35. The first-order valence-corrected chi connectivity index (χ1v) is 12.2. The molecule has 2 aliphatic rings. The molecular weight excluding hydrogens is 512 g/mol. The van der Waals surface area contributed by atoms with Gasteiger partial charge in [0.15, 0.2) is 0 Å². The summed E-state index contributed by atoms with van der Waals surface area (Å²) in [4.78, 5) is 38.3. The Hall–Kier alpha value is -3.65. The standard InChI is InChI=1S/C27H23BrN2O5/c28-24-12-9-16(13-22(24)26(33)30(14-25(31)32)17-10-11-17)29-27(34)35-15-23-20-7-3-1-5-18(20)19-6-2-4-8-21(19)23/h1-9,12-13,17,23H,10-11,14-15H2,(H,29,34)(H,31,32). The number of carbonyl (C=O) groups is 3. The molecule has 0 saturated heterocycles. The number of hydrogen-bond donors (Lipinski definition) is 2. The molecule has 2 aliphatic carbocycles. The molecule has 35 heavy (non-hydrogen) atoms. The fourth-order valence-electron chi connectivity index (χ4n) is 4.57. The Balaban J connectivity index is 1.28. The van der Waals surface area contributed by atoms with Crippen LogP contribution in [0.25, 0.3) is 11.1 Å². The van der Waals surface area contributed by atoms with Gasteiger partial charge in [0, 0.05) is 22.1 Å². The zero-order chi connectivity index (χ0) is 24.5. The van der Waals surface area contributed by atoms with E-state index in [1.807, 2.05) is 24.3 Å². The van der Waals surface area contributed by atoms with Crippen LogP contribution in [0.1, 0.15) is 40.2 Å². The average molecular weight is 535 g/mol. The van der Waals surface area contributed by atoms with E-state index in [2.05, 4.69) is 45.5 Å². The molecule has 2 amide bonds. The highest BCUT2D eigenvalue weighted by atomic mass is 79.9. The third-order valence-corrected chi connectivity index (χ3v) is 7.03. The lowest BCUT2D eigenvalue weighted by Gasteiger charge is -2.21. The largest absolute Gasteiger partial charge is 0.480 e. The van der Waals surface area contributed by atoms with E-state index < -0.39 is 18.0 Å². The van der Waals surface area contributed by atoms with Crippen LogP contribution in [0.3, 0.4) is 0 Å². The van der Waals surface area contributed by atoms with Gasteiger partial charge >= 0.3 is 12.1 Å². The molecule has 0 heterocycles. The number of aliphatic carboxylic acids is 1. The fourth-order valence-corrected chi connectivity index (χ4v) is 4.99. The van der Waals surface area contributed by atoms with Crippen molar-refractivity contribution in [2.75, 3.05) is 18.5 Å². The quantitative estimate of drug-likeness (QED) is 0.417. The maximum absolute atomic E-state index is 13.0. The zero-order valence-corrected chi connectivity index (χ0v) is 20.3. The molecule has 0 radical (unpaired) electrons. The van der Waals surface area contributed by atoms with Crippen LogP contribution in [-0.4, -0.2) is 47.2 Å². The summed E-state index contributed by atoms with van der Waals surface area (Å²) in [5.74, 6) is -1.51. The van der Waals surface area contributed by atoms with Crippen molar-refractivity contribution in [2.24, 2.45) is 0 Å². The molecule has 7 nitrogen and oxygen atoms in total. The predicted molar refractivity (Wildman–Crippen MR) is 135 cm³/mol. The van der Waals surface area contributed by atoms with Gasteiger partial charge in [0.1, 0.15) is 13.2 Å². The van der Waals surface area contributed by atoms with Gasteiger partial charge in [-0.05, 0) is 69.2 Å². The van der Waals surface area contributed by atoms with Crippen molar-refractivity contribution in [3.05, 3.63) is 87.9 Å². The summed E-state index contributed by atoms with van der Waals surface area (Å²) in [6.07, 6.45) is 0.944. The van der Waals surface area contributed by atoms with E-state index in [1.54, 1.807) is 12.1 Å². The Kier molecular flexibility index (Phi) is 6.30. The van der Waals surface area contributed by atoms with Crippen LogP contribution in [0, 0.1) is 0 Å². The van der Waals surface area contributed by atoms with Crippen LogP contribution in [0.2, 0.25) is 0 Å². The van der Waals surface area contributed by atoms with Crippen LogP contribution >= 0.6 is 15.9 Å². The van der Waals surface area contributed by atoms with Gasteiger partial charge < -0.3 is 14.7 Å². The molecule has 1 saturated carbocycles. The molecule has 3 aromatic rings. The molecule has 2 N–H and O–H groups in total. The second-order valence-corrected chi connectivity index (χ2v) is 9.56. The van der Waals surface area contributed by atoms with E-state index in [4.69, 9.17) is 4.74 Å². The predicted octanol–water partition coefficient (Wildman–Crippen LogP) is 5.50.